The van der Waals surface area contributed by atoms with Crippen molar-refractivity contribution >= 4 is 43.2 Å². The minimum Gasteiger partial charge on any atom is -0.462 e. The molecule has 142 valence electrons. The average Bonchev–Trinajstić information content (AvgIpc) is 2.55. The van der Waals surface area contributed by atoms with Gasteiger partial charge < -0.3 is 14.9 Å². The lowest BCUT2D eigenvalue weighted by molar-refractivity contribution is -0.160. The Balaban J connectivity index is 0.00000109. The van der Waals surface area contributed by atoms with Crippen molar-refractivity contribution in [1.29, 1.82) is 0 Å². The Kier molecular flexibility index (Phi) is 8.68. The summed E-state index contributed by atoms with van der Waals surface area (Å²) >= 11 is 4.24. The molecule has 1 saturated heterocycles. The molecule has 0 bridgehead atoms. The molecular weight excluding hydrogens is 546 g/mol. The second kappa shape index (κ2) is 10.0. The zero-order valence-electron chi connectivity index (χ0n) is 14.8. The van der Waals surface area contributed by atoms with Crippen LogP contribution in [0.15, 0.2) is 23.8 Å². The van der Waals surface area contributed by atoms with E-state index in [-0.39, 0.29) is 30.5 Å². The molecule has 2 N–H and O–H groups in total. The van der Waals surface area contributed by atoms with Crippen molar-refractivity contribution in [3.05, 3.63) is 23.8 Å². The molecule has 0 aromatic rings. The molecular formula is C19H28I2O4. The molecule has 1 fully saturated rings. The van der Waals surface area contributed by atoms with Crippen molar-refractivity contribution in [2.75, 3.05) is 0 Å². The lowest BCUT2D eigenvalue weighted by atomic mass is 9.65. The molecule has 7 atom stereocenters. The Morgan fingerprint density at radius 1 is 1.20 bits per heavy atom. The average molecular weight is 574 g/mol. The van der Waals surface area contributed by atoms with Gasteiger partial charge in [-0.25, -0.2) is 0 Å². The molecule has 7 unspecified atom stereocenters. The van der Waals surface area contributed by atoms with Crippen LogP contribution in [-0.4, -0.2) is 34.5 Å². The van der Waals surface area contributed by atoms with E-state index in [1.165, 1.54) is 5.57 Å². The number of hydrogen-bond donors (Lipinski definition) is 2. The van der Waals surface area contributed by atoms with Crippen molar-refractivity contribution in [3.8, 4) is 0 Å². The topological polar surface area (TPSA) is 66.8 Å². The van der Waals surface area contributed by atoms with Gasteiger partial charge in [-0.2, -0.15) is 0 Å². The van der Waals surface area contributed by atoms with Gasteiger partial charge in [0.05, 0.1) is 18.6 Å². The van der Waals surface area contributed by atoms with Crippen molar-refractivity contribution in [1.82, 2.24) is 0 Å². The molecule has 0 radical (unpaired) electrons. The highest BCUT2D eigenvalue weighted by atomic mass is 128. The Labute approximate surface area is 173 Å². The summed E-state index contributed by atoms with van der Waals surface area (Å²) in [5, 5.41) is 20.3. The van der Waals surface area contributed by atoms with Gasteiger partial charge in [-0.05, 0) is 42.6 Å². The van der Waals surface area contributed by atoms with Gasteiger partial charge in [0.1, 0.15) is 6.10 Å². The SMILES string of the molecule is CC1C=C2C=CC(C)C(CCC3CC(O)CC(=O)O3)C2C(O)C1.II. The van der Waals surface area contributed by atoms with Crippen LogP contribution in [0, 0.1) is 23.7 Å². The maximum atomic E-state index is 11.5. The van der Waals surface area contributed by atoms with Gasteiger partial charge in [0, 0.05) is 49.6 Å². The van der Waals surface area contributed by atoms with Gasteiger partial charge in [0.15, 0.2) is 0 Å². The molecule has 2 aliphatic carbocycles. The fourth-order valence-electron chi connectivity index (χ4n) is 4.55. The fraction of sp³-hybridized carbons (Fsp3) is 0.737. The number of allylic oxidation sites excluding steroid dienone is 3. The van der Waals surface area contributed by atoms with E-state index in [0.717, 1.165) is 19.3 Å². The number of halogens is 2. The van der Waals surface area contributed by atoms with Crippen molar-refractivity contribution < 1.29 is 19.7 Å². The molecule has 3 rings (SSSR count). The molecule has 0 amide bonds. The van der Waals surface area contributed by atoms with Crippen molar-refractivity contribution in [3.63, 3.8) is 0 Å². The fourth-order valence-corrected chi connectivity index (χ4v) is 4.55. The van der Waals surface area contributed by atoms with Crippen molar-refractivity contribution in [2.45, 2.75) is 64.3 Å². The first-order chi connectivity index (χ1) is 11.9. The second-order valence-corrected chi connectivity index (χ2v) is 7.64. The summed E-state index contributed by atoms with van der Waals surface area (Å²) in [5.41, 5.74) is 1.26. The van der Waals surface area contributed by atoms with Crippen LogP contribution in [0.2, 0.25) is 0 Å². The first kappa shape index (κ1) is 21.6. The summed E-state index contributed by atoms with van der Waals surface area (Å²) < 4.78 is 5.37. The van der Waals surface area contributed by atoms with Crippen molar-refractivity contribution in [2.24, 2.45) is 23.7 Å². The molecule has 6 heteroatoms. The molecule has 1 heterocycles. The maximum Gasteiger partial charge on any atom is 0.308 e. The van der Waals surface area contributed by atoms with Crippen LogP contribution >= 0.6 is 37.2 Å². The number of rotatable bonds is 3. The van der Waals surface area contributed by atoms with Gasteiger partial charge in [0.2, 0.25) is 0 Å². The van der Waals surface area contributed by atoms with Crippen LogP contribution in [-0.2, 0) is 9.53 Å². The highest BCUT2D eigenvalue weighted by Crippen LogP contribution is 2.43. The Morgan fingerprint density at radius 2 is 1.92 bits per heavy atom. The van der Waals surface area contributed by atoms with Crippen LogP contribution in [0.3, 0.4) is 0 Å². The standard InChI is InChI=1S/C19H28O4.I2/c1-11-7-13-4-3-12(2)16(19(13)17(21)8-11)6-5-15-9-14(20)10-18(22)23-15;1-2/h3-4,7,11-12,14-17,19-21H,5-6,8-10H2,1-2H3;. The first-order valence-electron chi connectivity index (χ1n) is 9.04. The van der Waals surface area contributed by atoms with E-state index in [9.17, 15) is 15.0 Å². The Bertz CT molecular complexity index is 520. The third kappa shape index (κ3) is 5.65. The summed E-state index contributed by atoms with van der Waals surface area (Å²) in [7, 11) is 0. The molecule has 3 aliphatic rings. The Morgan fingerprint density at radius 3 is 2.60 bits per heavy atom. The van der Waals surface area contributed by atoms with E-state index in [1.807, 2.05) is 0 Å². The monoisotopic (exact) mass is 574 g/mol. The van der Waals surface area contributed by atoms with Crippen LogP contribution in [0.25, 0.3) is 0 Å². The third-order valence-corrected chi connectivity index (χ3v) is 5.68. The zero-order chi connectivity index (χ0) is 18.6. The molecule has 4 nitrogen and oxygen atoms in total. The minimum atomic E-state index is -0.568. The summed E-state index contributed by atoms with van der Waals surface area (Å²) in [5.74, 6) is 1.09. The summed E-state index contributed by atoms with van der Waals surface area (Å²) in [6.07, 6.45) is 8.80. The predicted molar refractivity (Wildman–Crippen MR) is 116 cm³/mol. The predicted octanol–water partition coefficient (Wildman–Crippen LogP) is 4.37. The van der Waals surface area contributed by atoms with Crippen LogP contribution in [0.5, 0.6) is 0 Å². The molecule has 0 spiro atoms. The van der Waals surface area contributed by atoms with Gasteiger partial charge in [-0.15, -0.1) is 0 Å². The smallest absolute Gasteiger partial charge is 0.308 e. The van der Waals surface area contributed by atoms with Gasteiger partial charge in [-0.3, -0.25) is 4.79 Å². The molecule has 0 aromatic carbocycles. The second-order valence-electron chi connectivity index (χ2n) is 7.64. The molecule has 0 saturated carbocycles. The van der Waals surface area contributed by atoms with E-state index in [1.54, 1.807) is 0 Å². The molecule has 0 aromatic heterocycles. The highest BCUT2D eigenvalue weighted by molar-refractivity contribution is 15.0. The first-order valence-corrected chi connectivity index (χ1v) is 15.3. The minimum absolute atomic E-state index is 0.116. The molecule has 25 heavy (non-hydrogen) atoms. The number of aliphatic hydroxyl groups is 2. The van der Waals surface area contributed by atoms with Crippen LogP contribution in [0.4, 0.5) is 0 Å². The lowest BCUT2D eigenvalue weighted by Gasteiger charge is -2.42. The number of cyclic esters (lactones) is 1. The van der Waals surface area contributed by atoms with Crippen LogP contribution in [0.1, 0.15) is 46.0 Å². The van der Waals surface area contributed by atoms with E-state index < -0.39 is 6.10 Å². The van der Waals surface area contributed by atoms with E-state index in [4.69, 9.17) is 4.74 Å². The van der Waals surface area contributed by atoms with Gasteiger partial charge >= 0.3 is 5.97 Å². The van der Waals surface area contributed by atoms with E-state index in [0.29, 0.717) is 24.2 Å². The normalized spacial score (nSPS) is 40.3. The van der Waals surface area contributed by atoms with E-state index >= 15 is 0 Å². The molecule has 1 aliphatic heterocycles. The number of aliphatic hydroxyl groups excluding tert-OH is 2. The zero-order valence-corrected chi connectivity index (χ0v) is 19.1. The Hall–Kier alpha value is 0.330. The number of carbonyl (C=O) groups is 1. The van der Waals surface area contributed by atoms with Gasteiger partial charge in [0.25, 0.3) is 0 Å². The third-order valence-electron chi connectivity index (χ3n) is 5.68. The number of fused-ring (bicyclic) bond motifs is 1. The summed E-state index contributed by atoms with van der Waals surface area (Å²) in [4.78, 5) is 11.5. The summed E-state index contributed by atoms with van der Waals surface area (Å²) in [6.45, 7) is 4.35. The van der Waals surface area contributed by atoms with Gasteiger partial charge in [-0.1, -0.05) is 32.1 Å². The number of carbonyl (C=O) groups excluding carboxylic acids is 1. The summed E-state index contributed by atoms with van der Waals surface area (Å²) in [6, 6.07) is 0. The largest absolute Gasteiger partial charge is 0.462 e. The van der Waals surface area contributed by atoms with Crippen LogP contribution < -0.4 is 0 Å². The maximum absolute atomic E-state index is 11.5. The quantitative estimate of drug-likeness (QED) is 0.389. The highest BCUT2D eigenvalue weighted by Gasteiger charge is 2.39. The number of hydrogen-bond acceptors (Lipinski definition) is 4. The number of esters is 1. The lowest BCUT2D eigenvalue weighted by Crippen LogP contribution is -2.39. The van der Waals surface area contributed by atoms with E-state index in [2.05, 4.69) is 69.3 Å². The number of ether oxygens (including phenoxy) is 1.